The minimum atomic E-state index is -0.0654. The van der Waals surface area contributed by atoms with Crippen molar-refractivity contribution in [3.63, 3.8) is 0 Å². The Balaban J connectivity index is 1.87. The Kier molecular flexibility index (Phi) is 5.80. The van der Waals surface area contributed by atoms with Crippen molar-refractivity contribution in [1.29, 1.82) is 0 Å². The van der Waals surface area contributed by atoms with Crippen LogP contribution in [0.3, 0.4) is 0 Å². The number of nitrogens with zero attached hydrogens (tertiary/aromatic N) is 2. The van der Waals surface area contributed by atoms with Gasteiger partial charge in [0.1, 0.15) is 0 Å². The Hall–Kier alpha value is -1.59. The van der Waals surface area contributed by atoms with Crippen molar-refractivity contribution >= 4 is 29.3 Å². The number of thioether (sulfide) groups is 1. The molecule has 0 spiro atoms. The lowest BCUT2D eigenvalue weighted by molar-refractivity contribution is -0.118. The Morgan fingerprint density at radius 3 is 2.45 bits per heavy atom. The third-order valence-electron chi connectivity index (χ3n) is 3.38. The van der Waals surface area contributed by atoms with Crippen molar-refractivity contribution in [2.24, 2.45) is 0 Å². The number of aromatic nitrogens is 2. The fourth-order valence-corrected chi connectivity index (χ4v) is 2.79. The molecule has 0 bridgehead atoms. The molecule has 0 atom stereocenters. The molecule has 1 N–H and O–H groups in total. The molecule has 0 aliphatic heterocycles. The number of benzene rings is 1. The maximum absolute atomic E-state index is 11.9. The summed E-state index contributed by atoms with van der Waals surface area (Å²) in [5.74, 6) is 0.219. The zero-order chi connectivity index (χ0) is 16.1. The lowest BCUT2D eigenvalue weighted by Crippen LogP contribution is -2.24. The zero-order valence-electron chi connectivity index (χ0n) is 12.8. The van der Waals surface area contributed by atoms with E-state index in [0.29, 0.717) is 16.7 Å². The highest BCUT2D eigenvalue weighted by molar-refractivity contribution is 7.99. The molecule has 22 heavy (non-hydrogen) atoms. The van der Waals surface area contributed by atoms with E-state index in [0.717, 1.165) is 22.5 Å². The molecular formula is C16H18ClN3OS. The number of aryl methyl sites for hydroxylation is 2. The minimum Gasteiger partial charge on any atom is -0.351 e. The molecule has 0 aliphatic rings. The number of nitrogens with one attached hydrogen (secondary N) is 1. The fraction of sp³-hybridized carbons (Fsp3) is 0.312. The van der Waals surface area contributed by atoms with E-state index in [9.17, 15) is 4.79 Å². The van der Waals surface area contributed by atoms with Gasteiger partial charge in [-0.2, -0.15) is 0 Å². The van der Waals surface area contributed by atoms with Crippen LogP contribution in [0.1, 0.15) is 22.5 Å². The second-order valence-corrected chi connectivity index (χ2v) is 6.31. The quantitative estimate of drug-likeness (QED) is 0.671. The maximum Gasteiger partial charge on any atom is 0.230 e. The van der Waals surface area contributed by atoms with Crippen LogP contribution in [-0.4, -0.2) is 21.6 Å². The molecule has 1 heterocycles. The van der Waals surface area contributed by atoms with Crippen molar-refractivity contribution in [2.75, 3.05) is 5.75 Å². The highest BCUT2D eigenvalue weighted by Gasteiger charge is 2.08. The van der Waals surface area contributed by atoms with Crippen LogP contribution in [0.15, 0.2) is 29.4 Å². The van der Waals surface area contributed by atoms with Crippen molar-refractivity contribution in [2.45, 2.75) is 32.5 Å². The van der Waals surface area contributed by atoms with E-state index in [1.54, 1.807) is 0 Å². The van der Waals surface area contributed by atoms with Gasteiger partial charge in [0.15, 0.2) is 5.16 Å². The summed E-state index contributed by atoms with van der Waals surface area (Å²) < 4.78 is 0. The van der Waals surface area contributed by atoms with Gasteiger partial charge in [-0.3, -0.25) is 4.79 Å². The third-order valence-corrected chi connectivity index (χ3v) is 4.59. The van der Waals surface area contributed by atoms with Gasteiger partial charge in [0.05, 0.1) is 5.75 Å². The molecule has 0 radical (unpaired) electrons. The van der Waals surface area contributed by atoms with Crippen molar-refractivity contribution in [1.82, 2.24) is 15.3 Å². The summed E-state index contributed by atoms with van der Waals surface area (Å²) in [5, 5.41) is 4.14. The van der Waals surface area contributed by atoms with Gasteiger partial charge in [-0.05, 0) is 38.0 Å². The second-order valence-electron chi connectivity index (χ2n) is 4.96. The highest BCUT2D eigenvalue weighted by atomic mass is 35.5. The van der Waals surface area contributed by atoms with Crippen LogP contribution in [0.4, 0.5) is 0 Å². The minimum absolute atomic E-state index is 0.0654. The van der Waals surface area contributed by atoms with Gasteiger partial charge >= 0.3 is 0 Å². The average Bonchev–Trinajstić information content (AvgIpc) is 2.49. The number of hydrogen-bond donors (Lipinski definition) is 1. The summed E-state index contributed by atoms with van der Waals surface area (Å²) >= 11 is 7.39. The molecule has 0 fully saturated rings. The van der Waals surface area contributed by atoms with E-state index in [-0.39, 0.29) is 11.7 Å². The monoisotopic (exact) mass is 335 g/mol. The van der Waals surface area contributed by atoms with E-state index in [1.165, 1.54) is 11.8 Å². The van der Waals surface area contributed by atoms with E-state index in [4.69, 9.17) is 11.6 Å². The standard InChI is InChI=1S/C16H18ClN3OS/c1-10-11(2)19-16(20-12(10)3)22-9-15(21)18-8-13-6-4-5-7-14(13)17/h4-7H,8-9H2,1-3H3,(H,18,21). The van der Waals surface area contributed by atoms with Gasteiger partial charge in [0.2, 0.25) is 5.91 Å². The number of carbonyl (C=O) groups is 1. The topological polar surface area (TPSA) is 54.9 Å². The van der Waals surface area contributed by atoms with Gasteiger partial charge in [-0.25, -0.2) is 9.97 Å². The SMILES string of the molecule is Cc1nc(SCC(=O)NCc2ccccc2Cl)nc(C)c1C. The van der Waals surface area contributed by atoms with Crippen LogP contribution in [0.2, 0.25) is 5.02 Å². The summed E-state index contributed by atoms with van der Waals surface area (Å²) in [7, 11) is 0. The van der Waals surface area contributed by atoms with E-state index < -0.39 is 0 Å². The molecule has 1 aromatic carbocycles. The van der Waals surface area contributed by atoms with Gasteiger partial charge in [-0.1, -0.05) is 41.6 Å². The van der Waals surface area contributed by atoms with Crippen LogP contribution in [-0.2, 0) is 11.3 Å². The van der Waals surface area contributed by atoms with Crippen molar-refractivity contribution in [3.8, 4) is 0 Å². The summed E-state index contributed by atoms with van der Waals surface area (Å²) in [6.45, 7) is 6.32. The van der Waals surface area contributed by atoms with Crippen LogP contribution < -0.4 is 5.32 Å². The summed E-state index contributed by atoms with van der Waals surface area (Å²) in [6, 6.07) is 7.46. The maximum atomic E-state index is 11.9. The summed E-state index contributed by atoms with van der Waals surface area (Å²) in [4.78, 5) is 20.7. The number of carbonyl (C=O) groups excluding carboxylic acids is 1. The molecule has 0 aliphatic carbocycles. The first-order valence-corrected chi connectivity index (χ1v) is 8.28. The van der Waals surface area contributed by atoms with Crippen LogP contribution >= 0.6 is 23.4 Å². The first kappa shape index (κ1) is 16.8. The number of halogens is 1. The van der Waals surface area contributed by atoms with Crippen LogP contribution in [0.25, 0.3) is 0 Å². The van der Waals surface area contributed by atoms with E-state index in [2.05, 4.69) is 15.3 Å². The Bertz CT molecular complexity index is 668. The molecule has 0 saturated heterocycles. The van der Waals surface area contributed by atoms with Crippen LogP contribution in [0, 0.1) is 20.8 Å². The largest absolute Gasteiger partial charge is 0.351 e. The van der Waals surface area contributed by atoms with Gasteiger partial charge in [0, 0.05) is 23.0 Å². The molecular weight excluding hydrogens is 318 g/mol. The van der Waals surface area contributed by atoms with Gasteiger partial charge in [-0.15, -0.1) is 0 Å². The molecule has 2 aromatic rings. The van der Waals surface area contributed by atoms with Crippen molar-refractivity contribution in [3.05, 3.63) is 51.8 Å². The molecule has 116 valence electrons. The first-order valence-electron chi connectivity index (χ1n) is 6.92. The lowest BCUT2D eigenvalue weighted by Gasteiger charge is -2.08. The van der Waals surface area contributed by atoms with Gasteiger partial charge < -0.3 is 5.32 Å². The predicted octanol–water partition coefficient (Wildman–Crippen LogP) is 3.46. The molecule has 1 aromatic heterocycles. The zero-order valence-corrected chi connectivity index (χ0v) is 14.4. The van der Waals surface area contributed by atoms with E-state index in [1.807, 2.05) is 45.0 Å². The Labute approximate surface area is 139 Å². The molecule has 0 unspecified atom stereocenters. The Morgan fingerprint density at radius 1 is 1.18 bits per heavy atom. The molecule has 1 amide bonds. The van der Waals surface area contributed by atoms with Gasteiger partial charge in [0.25, 0.3) is 0 Å². The Morgan fingerprint density at radius 2 is 1.82 bits per heavy atom. The first-order chi connectivity index (χ1) is 10.5. The smallest absolute Gasteiger partial charge is 0.230 e. The van der Waals surface area contributed by atoms with E-state index >= 15 is 0 Å². The predicted molar refractivity (Wildman–Crippen MR) is 90.3 cm³/mol. The molecule has 4 nitrogen and oxygen atoms in total. The normalized spacial score (nSPS) is 10.5. The lowest BCUT2D eigenvalue weighted by atomic mass is 10.2. The molecule has 0 saturated carbocycles. The van der Waals surface area contributed by atoms with Crippen LogP contribution in [0.5, 0.6) is 0 Å². The number of hydrogen-bond acceptors (Lipinski definition) is 4. The average molecular weight is 336 g/mol. The molecule has 6 heteroatoms. The van der Waals surface area contributed by atoms with Crippen molar-refractivity contribution < 1.29 is 4.79 Å². The number of rotatable bonds is 5. The highest BCUT2D eigenvalue weighted by Crippen LogP contribution is 2.17. The number of amides is 1. The summed E-state index contributed by atoms with van der Waals surface area (Å²) in [6.07, 6.45) is 0. The summed E-state index contributed by atoms with van der Waals surface area (Å²) in [5.41, 5.74) is 3.89. The third kappa shape index (κ3) is 4.45. The molecule has 2 rings (SSSR count). The second kappa shape index (κ2) is 7.61. The fourth-order valence-electron chi connectivity index (χ4n) is 1.82.